The quantitative estimate of drug-likeness (QED) is 0.918. The minimum atomic E-state index is -3.29. The van der Waals surface area contributed by atoms with Gasteiger partial charge in [0.15, 0.2) is 14.9 Å². The largest absolute Gasteiger partial charge is 0.444 e. The second kappa shape index (κ2) is 6.21. The van der Waals surface area contributed by atoms with Crippen molar-refractivity contribution in [3.8, 4) is 0 Å². The van der Waals surface area contributed by atoms with E-state index >= 15 is 0 Å². The van der Waals surface area contributed by atoms with Crippen LogP contribution in [0.1, 0.15) is 33.3 Å². The summed E-state index contributed by atoms with van der Waals surface area (Å²) in [5.41, 5.74) is 0.146. The number of nitrogens with one attached hydrogen (secondary N) is 1. The standard InChI is InChI=1S/C13H20N2O4S/c1-5-20(17,18)11-7-6-10(8-14-11)9-15-12(16)19-13(2,3)4/h6-8H,5,9H2,1-4H3,(H,15,16). The second-order valence-corrected chi connectivity index (χ2v) is 7.49. The van der Waals surface area contributed by atoms with Crippen LogP contribution in [0.3, 0.4) is 0 Å². The van der Waals surface area contributed by atoms with Crippen molar-refractivity contribution in [2.75, 3.05) is 5.75 Å². The Labute approximate surface area is 119 Å². The highest BCUT2D eigenvalue weighted by atomic mass is 32.2. The molecule has 0 spiro atoms. The van der Waals surface area contributed by atoms with E-state index in [1.165, 1.54) is 12.3 Å². The number of nitrogens with zero attached hydrogens (tertiary/aromatic N) is 1. The van der Waals surface area contributed by atoms with E-state index in [2.05, 4.69) is 10.3 Å². The number of ether oxygens (including phenoxy) is 1. The molecule has 0 bridgehead atoms. The monoisotopic (exact) mass is 300 g/mol. The highest BCUT2D eigenvalue weighted by Crippen LogP contribution is 2.09. The van der Waals surface area contributed by atoms with Gasteiger partial charge in [-0.1, -0.05) is 13.0 Å². The summed E-state index contributed by atoms with van der Waals surface area (Å²) in [5.74, 6) is 0.00943. The number of rotatable bonds is 4. The number of hydrogen-bond donors (Lipinski definition) is 1. The van der Waals surface area contributed by atoms with E-state index < -0.39 is 21.5 Å². The summed E-state index contributed by atoms with van der Waals surface area (Å²) in [6.07, 6.45) is 0.905. The predicted octanol–water partition coefficient (Wildman–Crippen LogP) is 1.90. The third kappa shape index (κ3) is 5.16. The molecule has 0 aliphatic carbocycles. The predicted molar refractivity (Wildman–Crippen MR) is 75.0 cm³/mol. The molecule has 1 rings (SSSR count). The van der Waals surface area contributed by atoms with Crippen LogP contribution in [-0.4, -0.2) is 30.8 Å². The summed E-state index contributed by atoms with van der Waals surface area (Å²) in [5, 5.41) is 2.62. The van der Waals surface area contributed by atoms with Crippen LogP contribution in [0.25, 0.3) is 0 Å². The highest BCUT2D eigenvalue weighted by molar-refractivity contribution is 7.91. The summed E-state index contributed by atoms with van der Waals surface area (Å²) in [7, 11) is -3.29. The fourth-order valence-corrected chi connectivity index (χ4v) is 2.12. The summed E-state index contributed by atoms with van der Waals surface area (Å²) in [4.78, 5) is 15.3. The molecule has 1 amide bonds. The number of carbonyl (C=O) groups excluding carboxylic acids is 1. The van der Waals surface area contributed by atoms with E-state index in [0.717, 1.165) is 0 Å². The number of pyridine rings is 1. The SMILES string of the molecule is CCS(=O)(=O)c1ccc(CNC(=O)OC(C)(C)C)cn1. The van der Waals surface area contributed by atoms with E-state index in [1.807, 2.05) is 0 Å². The van der Waals surface area contributed by atoms with E-state index in [0.29, 0.717) is 5.56 Å². The molecule has 0 aromatic carbocycles. The summed E-state index contributed by atoms with van der Waals surface area (Å²) in [6, 6.07) is 3.05. The molecule has 0 fully saturated rings. The molecule has 20 heavy (non-hydrogen) atoms. The maximum Gasteiger partial charge on any atom is 0.407 e. The van der Waals surface area contributed by atoms with Gasteiger partial charge >= 0.3 is 6.09 Å². The molecular formula is C13H20N2O4S. The molecule has 0 saturated carbocycles. The molecule has 0 unspecified atom stereocenters. The zero-order valence-corrected chi connectivity index (χ0v) is 13.0. The van der Waals surface area contributed by atoms with Gasteiger partial charge in [-0.15, -0.1) is 0 Å². The lowest BCUT2D eigenvalue weighted by atomic mass is 10.2. The molecule has 1 heterocycles. The molecule has 0 aliphatic heterocycles. The summed E-state index contributed by atoms with van der Waals surface area (Å²) < 4.78 is 28.3. The smallest absolute Gasteiger partial charge is 0.407 e. The Morgan fingerprint density at radius 2 is 2.00 bits per heavy atom. The number of aromatic nitrogens is 1. The zero-order chi connectivity index (χ0) is 15.4. The lowest BCUT2D eigenvalue weighted by Gasteiger charge is -2.19. The second-order valence-electron chi connectivity index (χ2n) is 5.26. The molecule has 0 aliphatic rings. The van der Waals surface area contributed by atoms with Gasteiger partial charge in [0.05, 0.1) is 5.75 Å². The van der Waals surface area contributed by atoms with Crippen molar-refractivity contribution < 1.29 is 17.9 Å². The van der Waals surface area contributed by atoms with Gasteiger partial charge in [0, 0.05) is 12.7 Å². The molecule has 6 nitrogen and oxygen atoms in total. The lowest BCUT2D eigenvalue weighted by molar-refractivity contribution is 0.0523. The van der Waals surface area contributed by atoms with E-state index in [1.54, 1.807) is 33.8 Å². The van der Waals surface area contributed by atoms with Crippen molar-refractivity contribution >= 4 is 15.9 Å². The molecule has 0 saturated heterocycles. The van der Waals surface area contributed by atoms with Crippen LogP contribution in [-0.2, 0) is 21.1 Å². The first kappa shape index (κ1) is 16.4. The molecule has 0 radical (unpaired) electrons. The van der Waals surface area contributed by atoms with Crippen LogP contribution < -0.4 is 5.32 Å². The molecule has 7 heteroatoms. The van der Waals surface area contributed by atoms with Crippen LogP contribution in [0, 0.1) is 0 Å². The maximum absolute atomic E-state index is 11.6. The third-order valence-electron chi connectivity index (χ3n) is 2.33. The Bertz CT molecular complexity index is 559. The van der Waals surface area contributed by atoms with E-state index in [4.69, 9.17) is 4.74 Å². The van der Waals surface area contributed by atoms with Crippen molar-refractivity contribution in [1.29, 1.82) is 0 Å². The lowest BCUT2D eigenvalue weighted by Crippen LogP contribution is -2.32. The maximum atomic E-state index is 11.6. The zero-order valence-electron chi connectivity index (χ0n) is 12.1. The summed E-state index contributed by atoms with van der Waals surface area (Å²) in [6.45, 7) is 7.12. The van der Waals surface area contributed by atoms with Gasteiger partial charge in [0.2, 0.25) is 0 Å². The fourth-order valence-electron chi connectivity index (χ4n) is 1.34. The number of alkyl carbamates (subject to hydrolysis) is 1. The Balaban J connectivity index is 2.61. The van der Waals surface area contributed by atoms with Crippen LogP contribution in [0.15, 0.2) is 23.4 Å². The number of carbonyl (C=O) groups is 1. The van der Waals surface area contributed by atoms with E-state index in [9.17, 15) is 13.2 Å². The summed E-state index contributed by atoms with van der Waals surface area (Å²) >= 11 is 0. The van der Waals surface area contributed by atoms with Crippen LogP contribution in [0.4, 0.5) is 4.79 Å². The minimum absolute atomic E-state index is 0.00943. The average Bonchev–Trinajstić information content (AvgIpc) is 2.35. The van der Waals surface area contributed by atoms with Crippen molar-refractivity contribution in [3.63, 3.8) is 0 Å². The number of sulfone groups is 1. The van der Waals surface area contributed by atoms with Crippen molar-refractivity contribution in [2.45, 2.75) is 44.9 Å². The van der Waals surface area contributed by atoms with Crippen LogP contribution in [0.2, 0.25) is 0 Å². The fraction of sp³-hybridized carbons (Fsp3) is 0.538. The normalized spacial score (nSPS) is 12.0. The van der Waals surface area contributed by atoms with Crippen molar-refractivity contribution in [2.24, 2.45) is 0 Å². The molecule has 112 valence electrons. The molecule has 1 aromatic rings. The van der Waals surface area contributed by atoms with Gasteiger partial charge in [0.1, 0.15) is 5.60 Å². The Morgan fingerprint density at radius 3 is 2.45 bits per heavy atom. The molecule has 1 N–H and O–H groups in total. The molecular weight excluding hydrogens is 280 g/mol. The van der Waals surface area contributed by atoms with Gasteiger partial charge in [-0.25, -0.2) is 18.2 Å². The van der Waals surface area contributed by atoms with Crippen molar-refractivity contribution in [1.82, 2.24) is 10.3 Å². The first-order chi connectivity index (χ1) is 9.14. The van der Waals surface area contributed by atoms with Gasteiger partial charge in [-0.3, -0.25) is 0 Å². The van der Waals surface area contributed by atoms with Gasteiger partial charge in [0.25, 0.3) is 0 Å². The Morgan fingerprint density at radius 1 is 1.35 bits per heavy atom. The van der Waals surface area contributed by atoms with Crippen LogP contribution >= 0.6 is 0 Å². The molecule has 0 atom stereocenters. The Hall–Kier alpha value is -1.63. The Kier molecular flexibility index (Phi) is 5.10. The first-order valence-electron chi connectivity index (χ1n) is 6.28. The number of hydrogen-bond acceptors (Lipinski definition) is 5. The topological polar surface area (TPSA) is 85.4 Å². The minimum Gasteiger partial charge on any atom is -0.444 e. The van der Waals surface area contributed by atoms with Gasteiger partial charge in [-0.2, -0.15) is 0 Å². The third-order valence-corrected chi connectivity index (χ3v) is 3.97. The van der Waals surface area contributed by atoms with Crippen LogP contribution in [0.5, 0.6) is 0 Å². The van der Waals surface area contributed by atoms with Gasteiger partial charge in [-0.05, 0) is 32.4 Å². The van der Waals surface area contributed by atoms with E-state index in [-0.39, 0.29) is 17.3 Å². The molecule has 1 aromatic heterocycles. The average molecular weight is 300 g/mol. The first-order valence-corrected chi connectivity index (χ1v) is 7.94. The highest BCUT2D eigenvalue weighted by Gasteiger charge is 2.16. The van der Waals surface area contributed by atoms with Crippen molar-refractivity contribution in [3.05, 3.63) is 23.9 Å². The van der Waals surface area contributed by atoms with Gasteiger partial charge < -0.3 is 10.1 Å². The number of amides is 1.